The largest absolute Gasteiger partial charge is 0.465 e. The van der Waals surface area contributed by atoms with E-state index < -0.39 is 5.92 Å². The zero-order valence-electron chi connectivity index (χ0n) is 12.7. The first kappa shape index (κ1) is 15.2. The Kier molecular flexibility index (Phi) is 5.09. The predicted octanol–water partition coefficient (Wildman–Crippen LogP) is 2.69. The first-order valence-electron chi connectivity index (χ1n) is 7.28. The van der Waals surface area contributed by atoms with Crippen LogP contribution in [0, 0.1) is 6.92 Å². The Morgan fingerprint density at radius 3 is 2.86 bits per heavy atom. The summed E-state index contributed by atoms with van der Waals surface area (Å²) >= 11 is 0. The fourth-order valence-electron chi connectivity index (χ4n) is 2.37. The third-order valence-electron chi connectivity index (χ3n) is 3.27. The number of hydrogen-bond acceptors (Lipinski definition) is 4. The Morgan fingerprint density at radius 2 is 2.19 bits per heavy atom. The summed E-state index contributed by atoms with van der Waals surface area (Å²) in [6.45, 7) is 7.02. The first-order chi connectivity index (χ1) is 10.2. The molecule has 5 heteroatoms. The van der Waals surface area contributed by atoms with Gasteiger partial charge in [0.2, 0.25) is 0 Å². The minimum atomic E-state index is -0.529. The molecule has 0 bridgehead atoms. The topological polar surface area (TPSA) is 57.0 Å². The van der Waals surface area contributed by atoms with Crippen molar-refractivity contribution >= 4 is 5.97 Å². The maximum absolute atomic E-state index is 12.4. The van der Waals surface area contributed by atoms with Gasteiger partial charge in [-0.05, 0) is 25.8 Å². The van der Waals surface area contributed by atoms with E-state index in [9.17, 15) is 4.79 Å². The number of rotatable bonds is 6. The molecule has 0 fully saturated rings. The van der Waals surface area contributed by atoms with Crippen molar-refractivity contribution in [3.8, 4) is 0 Å². The van der Waals surface area contributed by atoms with Gasteiger partial charge in [0, 0.05) is 6.54 Å². The number of benzene rings is 1. The summed E-state index contributed by atoms with van der Waals surface area (Å²) in [5.74, 6) is -0.173. The molecule has 0 aliphatic carbocycles. The first-order valence-corrected chi connectivity index (χ1v) is 7.28. The average Bonchev–Trinajstić information content (AvgIpc) is 2.88. The molecule has 5 nitrogen and oxygen atoms in total. The monoisotopic (exact) mass is 287 g/mol. The molecule has 0 spiro atoms. The second-order valence-electron chi connectivity index (χ2n) is 4.98. The Morgan fingerprint density at radius 1 is 1.38 bits per heavy atom. The number of hydrogen-bond donors (Lipinski definition) is 0. The lowest BCUT2D eigenvalue weighted by Crippen LogP contribution is -2.21. The normalized spacial score (nSPS) is 12.1. The lowest BCUT2D eigenvalue weighted by atomic mass is 9.96. The van der Waals surface area contributed by atoms with Gasteiger partial charge in [0.1, 0.15) is 12.2 Å². The summed E-state index contributed by atoms with van der Waals surface area (Å²) in [4.78, 5) is 12.4. The summed E-state index contributed by atoms with van der Waals surface area (Å²) in [5.41, 5.74) is 1.99. The molecule has 2 rings (SSSR count). The van der Waals surface area contributed by atoms with Crippen LogP contribution >= 0.6 is 0 Å². The molecule has 0 saturated carbocycles. The number of carbonyl (C=O) groups is 1. The van der Waals surface area contributed by atoms with E-state index in [1.54, 1.807) is 6.33 Å². The van der Waals surface area contributed by atoms with Crippen LogP contribution in [0.3, 0.4) is 0 Å². The lowest BCUT2D eigenvalue weighted by Gasteiger charge is -2.17. The number of esters is 1. The highest BCUT2D eigenvalue weighted by Gasteiger charge is 2.29. The molecule has 1 unspecified atom stereocenters. The van der Waals surface area contributed by atoms with Crippen LogP contribution in [0.1, 0.15) is 43.1 Å². The van der Waals surface area contributed by atoms with Gasteiger partial charge in [-0.25, -0.2) is 0 Å². The molecule has 1 atom stereocenters. The highest BCUT2D eigenvalue weighted by molar-refractivity contribution is 5.81. The second kappa shape index (κ2) is 7.02. The molecule has 0 N–H and O–H groups in total. The van der Waals surface area contributed by atoms with Crippen molar-refractivity contribution in [1.82, 2.24) is 14.8 Å². The molecule has 0 saturated heterocycles. The molecule has 21 heavy (non-hydrogen) atoms. The zero-order chi connectivity index (χ0) is 15.2. The van der Waals surface area contributed by atoms with Crippen LogP contribution in [0.15, 0.2) is 30.6 Å². The smallest absolute Gasteiger partial charge is 0.321 e. The molecule has 0 aliphatic heterocycles. The van der Waals surface area contributed by atoms with Crippen LogP contribution in [0.5, 0.6) is 0 Å². The van der Waals surface area contributed by atoms with Crippen molar-refractivity contribution in [2.75, 3.05) is 6.61 Å². The van der Waals surface area contributed by atoms with Crippen LogP contribution in [0.2, 0.25) is 0 Å². The van der Waals surface area contributed by atoms with E-state index in [4.69, 9.17) is 4.74 Å². The van der Waals surface area contributed by atoms with E-state index in [2.05, 4.69) is 17.1 Å². The van der Waals surface area contributed by atoms with Crippen molar-refractivity contribution in [3.63, 3.8) is 0 Å². The van der Waals surface area contributed by atoms with E-state index in [-0.39, 0.29) is 5.97 Å². The summed E-state index contributed by atoms with van der Waals surface area (Å²) in [5, 5.41) is 8.11. The fraction of sp³-hybridized carbons (Fsp3) is 0.438. The number of aromatic nitrogens is 3. The Bertz CT molecular complexity index is 607. The van der Waals surface area contributed by atoms with E-state index in [1.807, 2.05) is 42.7 Å². The van der Waals surface area contributed by atoms with E-state index >= 15 is 0 Å². The quantitative estimate of drug-likeness (QED) is 0.766. The molecule has 0 radical (unpaired) electrons. The third-order valence-corrected chi connectivity index (χ3v) is 3.27. The molecule has 1 heterocycles. The Labute approximate surface area is 125 Å². The molecule has 112 valence electrons. The molecule has 2 aromatic rings. The second-order valence-corrected chi connectivity index (χ2v) is 4.98. The van der Waals surface area contributed by atoms with E-state index in [0.717, 1.165) is 24.1 Å². The summed E-state index contributed by atoms with van der Waals surface area (Å²) in [6.07, 6.45) is 2.62. The van der Waals surface area contributed by atoms with E-state index in [0.29, 0.717) is 12.4 Å². The van der Waals surface area contributed by atoms with Crippen LogP contribution in [0.25, 0.3) is 0 Å². The van der Waals surface area contributed by atoms with Crippen molar-refractivity contribution < 1.29 is 9.53 Å². The summed E-state index contributed by atoms with van der Waals surface area (Å²) in [7, 11) is 0. The van der Waals surface area contributed by atoms with Crippen molar-refractivity contribution in [2.24, 2.45) is 0 Å². The summed E-state index contributed by atoms with van der Waals surface area (Å²) < 4.78 is 7.16. The molecular weight excluding hydrogens is 266 g/mol. The third kappa shape index (κ3) is 3.48. The van der Waals surface area contributed by atoms with Crippen LogP contribution < -0.4 is 0 Å². The molecule has 0 amide bonds. The van der Waals surface area contributed by atoms with Crippen molar-refractivity contribution in [2.45, 2.75) is 39.7 Å². The number of aryl methyl sites for hydroxylation is 2. The maximum atomic E-state index is 12.4. The van der Waals surface area contributed by atoms with Gasteiger partial charge in [0.15, 0.2) is 5.82 Å². The van der Waals surface area contributed by atoms with Gasteiger partial charge in [0.05, 0.1) is 6.61 Å². The van der Waals surface area contributed by atoms with Crippen LogP contribution in [0.4, 0.5) is 0 Å². The van der Waals surface area contributed by atoms with Gasteiger partial charge in [-0.3, -0.25) is 4.79 Å². The van der Waals surface area contributed by atoms with Gasteiger partial charge in [-0.1, -0.05) is 36.8 Å². The molecule has 0 aliphatic rings. The van der Waals surface area contributed by atoms with Crippen LogP contribution in [-0.2, 0) is 16.1 Å². The number of ether oxygens (including phenoxy) is 1. The Balaban J connectivity index is 2.45. The fourth-order valence-corrected chi connectivity index (χ4v) is 2.37. The van der Waals surface area contributed by atoms with Crippen molar-refractivity contribution in [1.29, 1.82) is 0 Å². The standard InChI is InChI=1S/C16H21N3O2/c1-4-9-19-11-17-18-15(19)14(16(20)21-5-2)13-8-6-7-12(3)10-13/h6-8,10-11,14H,4-5,9H2,1-3H3. The van der Waals surface area contributed by atoms with Crippen molar-refractivity contribution in [3.05, 3.63) is 47.5 Å². The zero-order valence-corrected chi connectivity index (χ0v) is 12.7. The number of nitrogens with zero attached hydrogens (tertiary/aromatic N) is 3. The van der Waals surface area contributed by atoms with Gasteiger partial charge < -0.3 is 9.30 Å². The van der Waals surface area contributed by atoms with E-state index in [1.165, 1.54) is 0 Å². The summed E-state index contributed by atoms with van der Waals surface area (Å²) in [6, 6.07) is 7.87. The molecule has 1 aromatic carbocycles. The highest BCUT2D eigenvalue weighted by Crippen LogP contribution is 2.25. The molecule has 1 aromatic heterocycles. The van der Waals surface area contributed by atoms with Gasteiger partial charge in [-0.2, -0.15) is 0 Å². The Hall–Kier alpha value is -2.17. The maximum Gasteiger partial charge on any atom is 0.321 e. The lowest BCUT2D eigenvalue weighted by molar-refractivity contribution is -0.144. The molecular formula is C16H21N3O2. The average molecular weight is 287 g/mol. The predicted molar refractivity (Wildman–Crippen MR) is 80.0 cm³/mol. The minimum Gasteiger partial charge on any atom is -0.465 e. The minimum absolute atomic E-state index is 0.284. The highest BCUT2D eigenvalue weighted by atomic mass is 16.5. The van der Waals surface area contributed by atoms with Gasteiger partial charge in [0.25, 0.3) is 0 Å². The van der Waals surface area contributed by atoms with Gasteiger partial charge in [-0.15, -0.1) is 10.2 Å². The van der Waals surface area contributed by atoms with Gasteiger partial charge >= 0.3 is 5.97 Å². The SMILES string of the molecule is CCCn1cnnc1C(C(=O)OCC)c1cccc(C)c1. The number of carbonyl (C=O) groups excluding carboxylic acids is 1. The van der Waals surface area contributed by atoms with Crippen LogP contribution in [-0.4, -0.2) is 27.3 Å².